The average molecular weight is 468 g/mol. The van der Waals surface area contributed by atoms with Crippen LogP contribution in [-0.2, 0) is 10.0 Å². The third kappa shape index (κ3) is 3.73. The lowest BCUT2D eigenvalue weighted by molar-refractivity contribution is 0.0664. The molecule has 0 atom stereocenters. The van der Waals surface area contributed by atoms with E-state index in [1.165, 1.54) is 22.5 Å². The van der Waals surface area contributed by atoms with Gasteiger partial charge in [0.05, 0.1) is 10.0 Å². The number of nitrogens with zero attached hydrogens (tertiary/aromatic N) is 2. The van der Waals surface area contributed by atoms with Gasteiger partial charge < -0.3 is 9.32 Å². The van der Waals surface area contributed by atoms with Crippen molar-refractivity contribution < 1.29 is 17.6 Å². The Morgan fingerprint density at radius 1 is 1.08 bits per heavy atom. The summed E-state index contributed by atoms with van der Waals surface area (Å²) in [4.78, 5) is 13.9. The van der Waals surface area contributed by atoms with Crippen LogP contribution >= 0.6 is 39.1 Å². The Kier molecular flexibility index (Phi) is 5.45. The molecule has 2 aromatic rings. The Labute approximate surface area is 163 Å². The van der Waals surface area contributed by atoms with Crippen LogP contribution in [0.25, 0.3) is 0 Å². The van der Waals surface area contributed by atoms with Crippen LogP contribution in [0, 0.1) is 0 Å². The van der Waals surface area contributed by atoms with Gasteiger partial charge in [0.25, 0.3) is 5.91 Å². The number of furan rings is 1. The molecule has 0 N–H and O–H groups in total. The van der Waals surface area contributed by atoms with E-state index < -0.39 is 10.0 Å². The highest BCUT2D eigenvalue weighted by Gasteiger charge is 2.32. The Morgan fingerprint density at radius 3 is 2.36 bits per heavy atom. The molecule has 134 valence electrons. The summed E-state index contributed by atoms with van der Waals surface area (Å²) in [6, 6.07) is 7.69. The second kappa shape index (κ2) is 7.28. The van der Waals surface area contributed by atoms with Crippen molar-refractivity contribution in [1.82, 2.24) is 9.21 Å². The maximum atomic E-state index is 12.8. The highest BCUT2D eigenvalue weighted by molar-refractivity contribution is 9.10. The summed E-state index contributed by atoms with van der Waals surface area (Å²) >= 11 is 15.1. The summed E-state index contributed by atoms with van der Waals surface area (Å²) in [6.07, 6.45) is 0. The second-order valence-corrected chi connectivity index (χ2v) is 8.83. The lowest BCUT2D eigenvalue weighted by atomic mass is 10.3. The van der Waals surface area contributed by atoms with Crippen molar-refractivity contribution >= 4 is 55.1 Å². The Bertz CT molecular complexity index is 908. The maximum absolute atomic E-state index is 12.8. The Morgan fingerprint density at radius 2 is 1.76 bits per heavy atom. The standard InChI is InChI=1S/C15H13BrCl2N2O4S/c16-13-5-4-11(24-13)15(21)19-6-8-20(9-7-19)25(22,23)12-3-1-2-10(17)14(12)18/h1-5H,6-9H2. The van der Waals surface area contributed by atoms with Gasteiger partial charge in [-0.25, -0.2) is 8.42 Å². The Hall–Kier alpha value is -1.06. The van der Waals surface area contributed by atoms with Crippen LogP contribution in [0.3, 0.4) is 0 Å². The summed E-state index contributed by atoms with van der Waals surface area (Å²) in [7, 11) is -3.78. The van der Waals surface area contributed by atoms with E-state index in [1.807, 2.05) is 0 Å². The number of carbonyl (C=O) groups is 1. The van der Waals surface area contributed by atoms with E-state index in [0.717, 1.165) is 0 Å². The van der Waals surface area contributed by atoms with E-state index in [0.29, 0.717) is 4.67 Å². The second-order valence-electron chi connectivity index (χ2n) is 5.35. The summed E-state index contributed by atoms with van der Waals surface area (Å²) in [6.45, 7) is 0.848. The van der Waals surface area contributed by atoms with Gasteiger partial charge in [0, 0.05) is 26.2 Å². The third-order valence-corrected chi connectivity index (χ3v) is 7.14. The van der Waals surface area contributed by atoms with Crippen LogP contribution in [-0.4, -0.2) is 49.7 Å². The first-order valence-corrected chi connectivity index (χ1v) is 10.3. The van der Waals surface area contributed by atoms with Crippen molar-refractivity contribution in [3.8, 4) is 0 Å². The minimum atomic E-state index is -3.78. The molecule has 2 heterocycles. The number of halogens is 3. The molecule has 0 aliphatic carbocycles. The minimum Gasteiger partial charge on any atom is -0.444 e. The SMILES string of the molecule is O=C(c1ccc(Br)o1)N1CCN(S(=O)(=O)c2cccc(Cl)c2Cl)CC1. The molecule has 1 aliphatic heterocycles. The molecular formula is C15H13BrCl2N2O4S. The normalized spacial score (nSPS) is 16.2. The molecule has 0 unspecified atom stereocenters. The van der Waals surface area contributed by atoms with Crippen LogP contribution in [0.2, 0.25) is 10.0 Å². The van der Waals surface area contributed by atoms with Gasteiger partial charge in [0.2, 0.25) is 10.0 Å². The van der Waals surface area contributed by atoms with Gasteiger partial charge in [0.15, 0.2) is 10.4 Å². The highest BCUT2D eigenvalue weighted by Crippen LogP contribution is 2.31. The van der Waals surface area contributed by atoms with E-state index in [4.69, 9.17) is 27.6 Å². The van der Waals surface area contributed by atoms with Crippen LogP contribution < -0.4 is 0 Å². The zero-order valence-corrected chi connectivity index (χ0v) is 16.7. The molecule has 1 amide bonds. The third-order valence-electron chi connectivity index (χ3n) is 3.84. The van der Waals surface area contributed by atoms with E-state index in [9.17, 15) is 13.2 Å². The number of rotatable bonds is 3. The number of carbonyl (C=O) groups excluding carboxylic acids is 1. The molecule has 0 radical (unpaired) electrons. The molecule has 25 heavy (non-hydrogen) atoms. The highest BCUT2D eigenvalue weighted by atomic mass is 79.9. The minimum absolute atomic E-state index is 0.00288. The Balaban J connectivity index is 1.73. The van der Waals surface area contributed by atoms with Crippen LogP contribution in [0.15, 0.2) is 44.3 Å². The number of hydrogen-bond acceptors (Lipinski definition) is 4. The molecule has 0 saturated carbocycles. The predicted molar refractivity (Wildman–Crippen MR) is 97.5 cm³/mol. The average Bonchev–Trinajstić information content (AvgIpc) is 3.03. The summed E-state index contributed by atoms with van der Waals surface area (Å²) in [5, 5.41) is 0.183. The van der Waals surface area contributed by atoms with Crippen molar-refractivity contribution in [2.24, 2.45) is 0 Å². The molecule has 0 bridgehead atoms. The number of hydrogen-bond donors (Lipinski definition) is 0. The van der Waals surface area contributed by atoms with Gasteiger partial charge in [0.1, 0.15) is 4.90 Å². The van der Waals surface area contributed by atoms with E-state index in [1.54, 1.807) is 17.0 Å². The van der Waals surface area contributed by atoms with Gasteiger partial charge in [-0.15, -0.1) is 0 Å². The van der Waals surface area contributed by atoms with Crippen molar-refractivity contribution in [1.29, 1.82) is 0 Å². The maximum Gasteiger partial charge on any atom is 0.289 e. The van der Waals surface area contributed by atoms with Crippen LogP contribution in [0.1, 0.15) is 10.6 Å². The topological polar surface area (TPSA) is 70.8 Å². The number of benzene rings is 1. The van der Waals surface area contributed by atoms with E-state index in [2.05, 4.69) is 15.9 Å². The molecule has 3 rings (SSSR count). The molecular weight excluding hydrogens is 455 g/mol. The first-order chi connectivity index (χ1) is 11.8. The summed E-state index contributed by atoms with van der Waals surface area (Å²) < 4.78 is 32.5. The van der Waals surface area contributed by atoms with Crippen LogP contribution in [0.4, 0.5) is 0 Å². The van der Waals surface area contributed by atoms with Crippen molar-refractivity contribution in [2.75, 3.05) is 26.2 Å². The van der Waals surface area contributed by atoms with E-state index in [-0.39, 0.29) is 52.8 Å². The molecule has 1 fully saturated rings. The fourth-order valence-corrected chi connectivity index (χ4v) is 5.00. The zero-order valence-electron chi connectivity index (χ0n) is 12.8. The van der Waals surface area contributed by atoms with Crippen LogP contribution in [0.5, 0.6) is 0 Å². The van der Waals surface area contributed by atoms with Crippen molar-refractivity contribution in [2.45, 2.75) is 4.90 Å². The smallest absolute Gasteiger partial charge is 0.289 e. The van der Waals surface area contributed by atoms with Gasteiger partial charge in [-0.2, -0.15) is 4.31 Å². The zero-order chi connectivity index (χ0) is 18.2. The first-order valence-electron chi connectivity index (χ1n) is 7.29. The molecule has 1 saturated heterocycles. The van der Waals surface area contributed by atoms with Gasteiger partial charge >= 0.3 is 0 Å². The fraction of sp³-hybridized carbons (Fsp3) is 0.267. The number of amides is 1. The van der Waals surface area contributed by atoms with Crippen molar-refractivity contribution in [3.05, 3.63) is 50.8 Å². The number of piperazine rings is 1. The summed E-state index contributed by atoms with van der Waals surface area (Å²) in [5.41, 5.74) is 0. The largest absolute Gasteiger partial charge is 0.444 e. The molecule has 1 aromatic carbocycles. The quantitative estimate of drug-likeness (QED) is 0.692. The first kappa shape index (κ1) is 18.7. The monoisotopic (exact) mass is 466 g/mol. The molecule has 6 nitrogen and oxygen atoms in total. The summed E-state index contributed by atoms with van der Waals surface area (Å²) in [5.74, 6) is -0.0652. The molecule has 1 aliphatic rings. The van der Waals surface area contributed by atoms with E-state index >= 15 is 0 Å². The van der Waals surface area contributed by atoms with Gasteiger partial charge in [-0.05, 0) is 40.2 Å². The van der Waals surface area contributed by atoms with Crippen molar-refractivity contribution in [3.63, 3.8) is 0 Å². The van der Waals surface area contributed by atoms with Gasteiger partial charge in [-0.3, -0.25) is 4.79 Å². The molecule has 0 spiro atoms. The molecule has 10 heteroatoms. The fourth-order valence-electron chi connectivity index (χ4n) is 2.54. The lowest BCUT2D eigenvalue weighted by Crippen LogP contribution is -2.50. The predicted octanol–water partition coefficient (Wildman–Crippen LogP) is 3.50. The number of sulfonamides is 1. The van der Waals surface area contributed by atoms with Gasteiger partial charge in [-0.1, -0.05) is 29.3 Å². The lowest BCUT2D eigenvalue weighted by Gasteiger charge is -2.33. The molecule has 1 aromatic heterocycles.